The third-order valence-electron chi connectivity index (χ3n) is 4.61. The third kappa shape index (κ3) is 4.33. The Morgan fingerprint density at radius 2 is 1.92 bits per heavy atom. The third-order valence-corrected chi connectivity index (χ3v) is 4.61. The minimum absolute atomic E-state index is 0.0200. The molecule has 25 heavy (non-hydrogen) atoms. The van der Waals surface area contributed by atoms with Crippen LogP contribution < -0.4 is 15.0 Å². The van der Waals surface area contributed by atoms with Crippen molar-refractivity contribution in [3.8, 4) is 5.75 Å². The zero-order valence-corrected chi connectivity index (χ0v) is 14.8. The lowest BCUT2D eigenvalue weighted by atomic mass is 10.1. The topological polar surface area (TPSA) is 58.0 Å². The van der Waals surface area contributed by atoms with Gasteiger partial charge in [0.1, 0.15) is 11.5 Å². The molecule has 0 radical (unpaired) electrons. The van der Waals surface area contributed by atoms with Gasteiger partial charge in [-0.05, 0) is 36.4 Å². The van der Waals surface area contributed by atoms with Crippen molar-refractivity contribution >= 4 is 11.6 Å². The van der Waals surface area contributed by atoms with E-state index < -0.39 is 0 Å². The predicted molar refractivity (Wildman–Crippen MR) is 96.9 cm³/mol. The fourth-order valence-electron chi connectivity index (χ4n) is 3.22. The Hall–Kier alpha value is -2.47. The number of carbonyl (C=O) groups excluding carboxylic acids is 1. The van der Waals surface area contributed by atoms with Crippen LogP contribution in [-0.2, 0) is 4.79 Å². The van der Waals surface area contributed by atoms with Crippen LogP contribution in [-0.4, -0.2) is 50.6 Å². The molecule has 0 saturated carbocycles. The van der Waals surface area contributed by atoms with E-state index in [-0.39, 0.29) is 11.9 Å². The molecule has 6 nitrogen and oxygen atoms in total. The van der Waals surface area contributed by atoms with E-state index in [1.807, 2.05) is 24.3 Å². The quantitative estimate of drug-likeness (QED) is 0.872. The highest BCUT2D eigenvalue weighted by Crippen LogP contribution is 2.25. The van der Waals surface area contributed by atoms with Gasteiger partial charge in [-0.1, -0.05) is 0 Å². The van der Waals surface area contributed by atoms with E-state index in [4.69, 9.17) is 9.15 Å². The van der Waals surface area contributed by atoms with Gasteiger partial charge in [-0.3, -0.25) is 9.69 Å². The highest BCUT2D eigenvalue weighted by Gasteiger charge is 2.27. The van der Waals surface area contributed by atoms with Gasteiger partial charge in [0.25, 0.3) is 0 Å². The molecule has 1 aromatic heterocycles. The summed E-state index contributed by atoms with van der Waals surface area (Å²) in [5.41, 5.74) is 1.21. The van der Waals surface area contributed by atoms with Gasteiger partial charge in [0.05, 0.1) is 19.4 Å². The van der Waals surface area contributed by atoms with Crippen LogP contribution >= 0.6 is 0 Å². The monoisotopic (exact) mass is 343 g/mol. The average molecular weight is 343 g/mol. The first-order chi connectivity index (χ1) is 12.2. The van der Waals surface area contributed by atoms with Crippen molar-refractivity contribution in [1.29, 1.82) is 0 Å². The first-order valence-electron chi connectivity index (χ1n) is 8.58. The number of furan rings is 1. The van der Waals surface area contributed by atoms with E-state index in [1.54, 1.807) is 20.3 Å². The SMILES string of the molecule is COc1ccc(N2CCN([C@@H](CNC(C)=O)c3ccco3)CC2)cc1. The molecular weight excluding hydrogens is 318 g/mol. The van der Waals surface area contributed by atoms with Gasteiger partial charge in [0.2, 0.25) is 5.91 Å². The smallest absolute Gasteiger partial charge is 0.216 e. The summed E-state index contributed by atoms with van der Waals surface area (Å²) in [4.78, 5) is 16.0. The summed E-state index contributed by atoms with van der Waals surface area (Å²) in [6, 6.07) is 12.1. The van der Waals surface area contributed by atoms with Gasteiger partial charge >= 0.3 is 0 Å². The number of amides is 1. The average Bonchev–Trinajstić information content (AvgIpc) is 3.17. The number of ether oxygens (including phenoxy) is 1. The molecule has 1 aliphatic rings. The maximum Gasteiger partial charge on any atom is 0.216 e. The number of hydrogen-bond donors (Lipinski definition) is 1. The molecule has 0 unspecified atom stereocenters. The summed E-state index contributed by atoms with van der Waals surface area (Å²) in [5.74, 6) is 1.75. The number of piperazine rings is 1. The van der Waals surface area contributed by atoms with E-state index in [2.05, 4.69) is 27.2 Å². The van der Waals surface area contributed by atoms with Crippen LogP contribution in [0, 0.1) is 0 Å². The molecule has 1 aromatic carbocycles. The van der Waals surface area contributed by atoms with Gasteiger partial charge < -0.3 is 19.4 Å². The Labute approximate surface area is 148 Å². The molecule has 1 fully saturated rings. The molecule has 1 aliphatic heterocycles. The lowest BCUT2D eigenvalue weighted by Crippen LogP contribution is -2.49. The molecule has 134 valence electrons. The molecule has 2 aromatic rings. The van der Waals surface area contributed by atoms with Crippen molar-refractivity contribution in [2.45, 2.75) is 13.0 Å². The fourth-order valence-corrected chi connectivity index (χ4v) is 3.22. The van der Waals surface area contributed by atoms with Crippen LogP contribution in [0.2, 0.25) is 0 Å². The Morgan fingerprint density at radius 1 is 1.20 bits per heavy atom. The first kappa shape index (κ1) is 17.4. The van der Waals surface area contributed by atoms with Crippen molar-refractivity contribution in [3.05, 3.63) is 48.4 Å². The van der Waals surface area contributed by atoms with Crippen LogP contribution in [0.1, 0.15) is 18.7 Å². The Morgan fingerprint density at radius 3 is 2.48 bits per heavy atom. The molecule has 6 heteroatoms. The standard InChI is InChI=1S/C19H25N3O3/c1-15(23)20-14-18(19-4-3-13-25-19)22-11-9-21(10-12-22)16-5-7-17(24-2)8-6-16/h3-8,13,18H,9-12,14H2,1-2H3,(H,20,23)/t18-/m0/s1. The zero-order chi connectivity index (χ0) is 17.6. The van der Waals surface area contributed by atoms with Gasteiger partial charge in [0, 0.05) is 45.3 Å². The molecule has 0 bridgehead atoms. The van der Waals surface area contributed by atoms with E-state index in [1.165, 1.54) is 5.69 Å². The van der Waals surface area contributed by atoms with Gasteiger partial charge in [-0.15, -0.1) is 0 Å². The second kappa shape index (κ2) is 8.07. The maximum absolute atomic E-state index is 11.3. The zero-order valence-electron chi connectivity index (χ0n) is 14.8. The lowest BCUT2D eigenvalue weighted by Gasteiger charge is -2.39. The van der Waals surface area contributed by atoms with Crippen molar-refractivity contribution in [2.75, 3.05) is 44.7 Å². The minimum Gasteiger partial charge on any atom is -0.497 e. The number of anilines is 1. The predicted octanol–water partition coefficient (Wildman–Crippen LogP) is 2.29. The van der Waals surface area contributed by atoms with Crippen LogP contribution in [0.4, 0.5) is 5.69 Å². The van der Waals surface area contributed by atoms with Crippen molar-refractivity contribution in [1.82, 2.24) is 10.2 Å². The Bertz CT molecular complexity index is 662. The highest BCUT2D eigenvalue weighted by atomic mass is 16.5. The number of carbonyl (C=O) groups is 1. The number of nitrogens with zero attached hydrogens (tertiary/aromatic N) is 2. The van der Waals surface area contributed by atoms with Gasteiger partial charge in [0.15, 0.2) is 0 Å². The fraction of sp³-hybridized carbons (Fsp3) is 0.421. The maximum atomic E-state index is 11.3. The molecule has 1 atom stereocenters. The van der Waals surface area contributed by atoms with E-state index in [0.717, 1.165) is 37.7 Å². The number of methoxy groups -OCH3 is 1. The van der Waals surface area contributed by atoms with Crippen LogP contribution in [0.25, 0.3) is 0 Å². The lowest BCUT2D eigenvalue weighted by molar-refractivity contribution is -0.119. The molecule has 1 saturated heterocycles. The molecule has 3 rings (SSSR count). The van der Waals surface area contributed by atoms with E-state index >= 15 is 0 Å². The molecule has 0 spiro atoms. The minimum atomic E-state index is -0.0200. The van der Waals surface area contributed by atoms with E-state index in [0.29, 0.717) is 6.54 Å². The van der Waals surface area contributed by atoms with Crippen LogP contribution in [0.3, 0.4) is 0 Å². The largest absolute Gasteiger partial charge is 0.497 e. The number of hydrogen-bond acceptors (Lipinski definition) is 5. The van der Waals surface area contributed by atoms with Gasteiger partial charge in [-0.25, -0.2) is 0 Å². The second-order valence-corrected chi connectivity index (χ2v) is 6.19. The van der Waals surface area contributed by atoms with Crippen molar-refractivity contribution in [2.24, 2.45) is 0 Å². The molecule has 1 amide bonds. The van der Waals surface area contributed by atoms with E-state index in [9.17, 15) is 4.79 Å². The Balaban J connectivity index is 1.63. The van der Waals surface area contributed by atoms with Crippen LogP contribution in [0.15, 0.2) is 47.1 Å². The summed E-state index contributed by atoms with van der Waals surface area (Å²) < 4.78 is 10.8. The number of nitrogens with one attached hydrogen (secondary N) is 1. The summed E-state index contributed by atoms with van der Waals surface area (Å²) in [5, 5.41) is 2.92. The highest BCUT2D eigenvalue weighted by molar-refractivity contribution is 5.72. The number of benzene rings is 1. The first-order valence-corrected chi connectivity index (χ1v) is 8.58. The van der Waals surface area contributed by atoms with Crippen molar-refractivity contribution in [3.63, 3.8) is 0 Å². The normalized spacial score (nSPS) is 16.5. The molecule has 1 N–H and O–H groups in total. The second-order valence-electron chi connectivity index (χ2n) is 6.19. The molecular formula is C19H25N3O3. The van der Waals surface area contributed by atoms with Crippen LogP contribution in [0.5, 0.6) is 5.75 Å². The number of rotatable bonds is 6. The summed E-state index contributed by atoms with van der Waals surface area (Å²) >= 11 is 0. The summed E-state index contributed by atoms with van der Waals surface area (Å²) in [6.07, 6.45) is 1.68. The van der Waals surface area contributed by atoms with Crippen molar-refractivity contribution < 1.29 is 13.9 Å². The summed E-state index contributed by atoms with van der Waals surface area (Å²) in [6.45, 7) is 5.80. The van der Waals surface area contributed by atoms with Gasteiger partial charge in [-0.2, -0.15) is 0 Å². The molecule has 0 aliphatic carbocycles. The Kier molecular flexibility index (Phi) is 5.60. The summed E-state index contributed by atoms with van der Waals surface area (Å²) in [7, 11) is 1.68. The molecule has 2 heterocycles.